The van der Waals surface area contributed by atoms with E-state index in [1.165, 1.54) is 13.0 Å². The molecule has 2 nitrogen and oxygen atoms in total. The van der Waals surface area contributed by atoms with Crippen LogP contribution in [0, 0.1) is 3.57 Å². The number of ketones is 1. The molecule has 0 heterocycles. The lowest BCUT2D eigenvalue weighted by atomic mass is 10.0. The highest BCUT2D eigenvalue weighted by atomic mass is 127. The molecule has 1 aromatic rings. The third-order valence-electron chi connectivity index (χ3n) is 1.87. The molecule has 0 N–H and O–H groups in total. The van der Waals surface area contributed by atoms with Crippen LogP contribution in [-0.2, 0) is 0 Å². The van der Waals surface area contributed by atoms with E-state index in [2.05, 4.69) is 0 Å². The zero-order valence-corrected chi connectivity index (χ0v) is 9.92. The lowest BCUT2D eigenvalue weighted by Crippen LogP contribution is -2.03. The maximum absolute atomic E-state index is 12.6. The molecule has 0 radical (unpaired) electrons. The van der Waals surface area contributed by atoms with E-state index in [4.69, 9.17) is 0 Å². The first-order valence-corrected chi connectivity index (χ1v) is 5.13. The molecule has 0 aliphatic heterocycles. The molecular weight excluding hydrogens is 317 g/mol. The second kappa shape index (κ2) is 4.78. The first kappa shape index (κ1) is 12.2. The molecule has 0 atom stereocenters. The largest absolute Gasteiger partial charge is 0.298 e. The van der Waals surface area contributed by atoms with E-state index in [1.807, 2.05) is 0 Å². The van der Waals surface area contributed by atoms with Gasteiger partial charge in [0.25, 0.3) is 6.43 Å². The Morgan fingerprint density at radius 3 is 2.47 bits per heavy atom. The molecular formula is C10H7F2IO2. The number of alkyl halides is 2. The molecule has 0 aliphatic carbocycles. The molecule has 0 fully saturated rings. The predicted octanol–water partition coefficient (Wildman–Crippen LogP) is 3.24. The number of hydrogen-bond acceptors (Lipinski definition) is 2. The molecule has 0 saturated heterocycles. The molecule has 15 heavy (non-hydrogen) atoms. The van der Waals surface area contributed by atoms with Crippen LogP contribution in [0.25, 0.3) is 0 Å². The van der Waals surface area contributed by atoms with Crippen molar-refractivity contribution in [3.05, 3.63) is 32.4 Å². The number of rotatable bonds is 3. The summed E-state index contributed by atoms with van der Waals surface area (Å²) in [4.78, 5) is 21.7. The minimum atomic E-state index is -2.69. The van der Waals surface area contributed by atoms with Gasteiger partial charge >= 0.3 is 0 Å². The van der Waals surface area contributed by atoms with Gasteiger partial charge in [-0.15, -0.1) is 0 Å². The van der Waals surface area contributed by atoms with Crippen LogP contribution >= 0.6 is 22.6 Å². The Morgan fingerprint density at radius 1 is 1.47 bits per heavy atom. The maximum atomic E-state index is 12.6. The van der Waals surface area contributed by atoms with Gasteiger partial charge in [0, 0.05) is 20.3 Å². The summed E-state index contributed by atoms with van der Waals surface area (Å²) < 4.78 is 25.3. The van der Waals surface area contributed by atoms with E-state index in [9.17, 15) is 18.4 Å². The second-order valence-electron chi connectivity index (χ2n) is 2.95. The van der Waals surface area contributed by atoms with Crippen LogP contribution in [0.15, 0.2) is 12.1 Å². The van der Waals surface area contributed by atoms with Crippen molar-refractivity contribution in [2.75, 3.05) is 0 Å². The Hall–Kier alpha value is -0.850. The van der Waals surface area contributed by atoms with Crippen LogP contribution in [-0.4, -0.2) is 12.1 Å². The van der Waals surface area contributed by atoms with Gasteiger partial charge in [0.05, 0.1) is 0 Å². The average molecular weight is 324 g/mol. The Morgan fingerprint density at radius 2 is 2.07 bits per heavy atom. The summed E-state index contributed by atoms with van der Waals surface area (Å²) >= 11 is 1.69. The Labute approximate surface area is 98.8 Å². The number of carbonyl (C=O) groups excluding carboxylic acids is 2. The molecule has 1 aromatic carbocycles. The molecule has 80 valence electrons. The van der Waals surface area contributed by atoms with Crippen LogP contribution in [0.3, 0.4) is 0 Å². The van der Waals surface area contributed by atoms with Gasteiger partial charge in [-0.05, 0) is 41.6 Å². The second-order valence-corrected chi connectivity index (χ2v) is 4.03. The van der Waals surface area contributed by atoms with Crippen molar-refractivity contribution >= 4 is 34.7 Å². The number of halogens is 3. The van der Waals surface area contributed by atoms with Gasteiger partial charge in [-0.1, -0.05) is 0 Å². The Kier molecular flexibility index (Phi) is 3.90. The van der Waals surface area contributed by atoms with Crippen molar-refractivity contribution in [3.8, 4) is 0 Å². The lowest BCUT2D eigenvalue weighted by molar-refractivity contribution is 0.101. The number of benzene rings is 1. The Bertz CT molecular complexity index is 416. The molecule has 1 rings (SSSR count). The molecule has 0 bridgehead atoms. The van der Waals surface area contributed by atoms with Crippen LogP contribution in [0.4, 0.5) is 8.78 Å². The standard InChI is InChI=1S/C10H7F2IO2/c1-5(15)7-2-6(4-14)3-8(9(7)13)10(11)12/h2-4,10H,1H3. The van der Waals surface area contributed by atoms with Crippen molar-refractivity contribution < 1.29 is 18.4 Å². The topological polar surface area (TPSA) is 34.1 Å². The monoisotopic (exact) mass is 324 g/mol. The van der Waals surface area contributed by atoms with E-state index in [1.54, 1.807) is 22.6 Å². The zero-order chi connectivity index (χ0) is 11.6. The zero-order valence-electron chi connectivity index (χ0n) is 7.76. The highest BCUT2D eigenvalue weighted by Gasteiger charge is 2.17. The number of hydrogen-bond donors (Lipinski definition) is 0. The first-order chi connectivity index (χ1) is 6.97. The fraction of sp³-hybridized carbons (Fsp3) is 0.200. The van der Waals surface area contributed by atoms with Gasteiger partial charge in [0.2, 0.25) is 0 Å². The molecule has 0 unspecified atom stereocenters. The number of aldehydes is 1. The van der Waals surface area contributed by atoms with Crippen molar-refractivity contribution in [1.82, 2.24) is 0 Å². The van der Waals surface area contributed by atoms with Crippen LogP contribution in [0.5, 0.6) is 0 Å². The fourth-order valence-corrected chi connectivity index (χ4v) is 2.08. The van der Waals surface area contributed by atoms with Crippen LogP contribution < -0.4 is 0 Å². The summed E-state index contributed by atoms with van der Waals surface area (Å²) in [7, 11) is 0. The normalized spacial score (nSPS) is 10.5. The van der Waals surface area contributed by atoms with Gasteiger partial charge in [0.15, 0.2) is 5.78 Å². The number of Topliss-reactive ketones (excluding diaryl/α,β-unsaturated/α-hetero) is 1. The van der Waals surface area contributed by atoms with Gasteiger partial charge in [-0.2, -0.15) is 0 Å². The maximum Gasteiger partial charge on any atom is 0.264 e. The summed E-state index contributed by atoms with van der Waals surface area (Å²) in [5.41, 5.74) is -0.0168. The average Bonchev–Trinajstić information content (AvgIpc) is 2.17. The molecule has 0 aromatic heterocycles. The quantitative estimate of drug-likeness (QED) is 0.486. The Balaban J connectivity index is 3.46. The summed E-state index contributed by atoms with van der Waals surface area (Å²) in [5.74, 6) is -0.329. The van der Waals surface area contributed by atoms with Crippen LogP contribution in [0.1, 0.15) is 39.6 Å². The summed E-state index contributed by atoms with van der Waals surface area (Å²) in [6.45, 7) is 1.28. The van der Waals surface area contributed by atoms with E-state index < -0.39 is 6.43 Å². The molecule has 0 amide bonds. The summed E-state index contributed by atoms with van der Waals surface area (Å²) in [6.07, 6.45) is -2.23. The van der Waals surface area contributed by atoms with E-state index in [0.717, 1.165) is 6.07 Å². The minimum absolute atomic E-state index is 0.0934. The van der Waals surface area contributed by atoms with E-state index >= 15 is 0 Å². The third-order valence-corrected chi connectivity index (χ3v) is 3.08. The van der Waals surface area contributed by atoms with E-state index in [-0.39, 0.29) is 26.0 Å². The van der Waals surface area contributed by atoms with Gasteiger partial charge in [-0.3, -0.25) is 9.59 Å². The third kappa shape index (κ3) is 2.58. The fourth-order valence-electron chi connectivity index (χ4n) is 1.15. The number of carbonyl (C=O) groups is 2. The highest BCUT2D eigenvalue weighted by Crippen LogP contribution is 2.28. The van der Waals surface area contributed by atoms with Gasteiger partial charge in [0.1, 0.15) is 6.29 Å². The summed E-state index contributed by atoms with van der Waals surface area (Å²) in [6, 6.07) is 2.43. The van der Waals surface area contributed by atoms with Gasteiger partial charge < -0.3 is 0 Å². The SMILES string of the molecule is CC(=O)c1cc(C=O)cc(C(F)F)c1I. The molecule has 0 aliphatic rings. The smallest absolute Gasteiger partial charge is 0.264 e. The van der Waals surface area contributed by atoms with Crippen LogP contribution in [0.2, 0.25) is 0 Å². The van der Waals surface area contributed by atoms with E-state index in [0.29, 0.717) is 6.29 Å². The minimum Gasteiger partial charge on any atom is -0.298 e. The van der Waals surface area contributed by atoms with Crippen molar-refractivity contribution in [2.24, 2.45) is 0 Å². The van der Waals surface area contributed by atoms with Crippen molar-refractivity contribution in [1.29, 1.82) is 0 Å². The lowest BCUT2D eigenvalue weighted by Gasteiger charge is -2.08. The summed E-state index contributed by atoms with van der Waals surface area (Å²) in [5, 5.41) is 0. The molecule has 0 spiro atoms. The van der Waals surface area contributed by atoms with Crippen molar-refractivity contribution in [2.45, 2.75) is 13.3 Å². The predicted molar refractivity (Wildman–Crippen MR) is 59.5 cm³/mol. The molecule has 0 saturated carbocycles. The molecule has 5 heteroatoms. The van der Waals surface area contributed by atoms with Gasteiger partial charge in [-0.25, -0.2) is 8.78 Å². The highest BCUT2D eigenvalue weighted by molar-refractivity contribution is 14.1. The van der Waals surface area contributed by atoms with Crippen molar-refractivity contribution in [3.63, 3.8) is 0 Å². The first-order valence-electron chi connectivity index (χ1n) is 4.05.